The van der Waals surface area contributed by atoms with Crippen LogP contribution in [0.15, 0.2) is 59.2 Å². The monoisotopic (exact) mass is 357 g/mol. The van der Waals surface area contributed by atoms with E-state index in [1.54, 1.807) is 24.3 Å². The van der Waals surface area contributed by atoms with Crippen LogP contribution in [-0.4, -0.2) is 14.5 Å². The van der Waals surface area contributed by atoms with Crippen LogP contribution in [0.1, 0.15) is 17.1 Å². The Balaban J connectivity index is 1.73. The molecule has 0 N–H and O–H groups in total. The second kappa shape index (κ2) is 6.01. The summed E-state index contributed by atoms with van der Waals surface area (Å²) in [6.45, 7) is 1.89. The molecule has 0 saturated carbocycles. The third-order valence-corrected chi connectivity index (χ3v) is 4.08. The van der Waals surface area contributed by atoms with Crippen LogP contribution in [0, 0.1) is 6.92 Å². The van der Waals surface area contributed by atoms with E-state index in [9.17, 15) is 13.2 Å². The molecule has 2 aromatic heterocycles. The minimum Gasteiger partial charge on any atom is -0.444 e. The number of fused-ring (bicyclic) bond motifs is 1. The number of rotatable bonds is 3. The molecule has 0 spiro atoms. The molecule has 4 rings (SSSR count). The number of halogens is 3. The Kier molecular flexibility index (Phi) is 3.79. The van der Waals surface area contributed by atoms with Gasteiger partial charge in [-0.05, 0) is 31.2 Å². The third-order valence-electron chi connectivity index (χ3n) is 4.08. The van der Waals surface area contributed by atoms with Crippen molar-refractivity contribution in [3.63, 3.8) is 0 Å². The lowest BCUT2D eigenvalue weighted by Gasteiger charge is -2.09. The highest BCUT2D eigenvalue weighted by Gasteiger charge is 2.37. The number of hydrogen-bond acceptors (Lipinski definition) is 3. The molecule has 0 aliphatic heterocycles. The van der Waals surface area contributed by atoms with Gasteiger partial charge in [0.2, 0.25) is 11.7 Å². The molecule has 7 heteroatoms. The van der Waals surface area contributed by atoms with Crippen molar-refractivity contribution in [3.8, 4) is 11.5 Å². The number of aromatic nitrogens is 3. The number of para-hydroxylation sites is 2. The van der Waals surface area contributed by atoms with E-state index in [-0.39, 0.29) is 6.54 Å². The first-order valence-electron chi connectivity index (χ1n) is 7.96. The van der Waals surface area contributed by atoms with E-state index in [4.69, 9.17) is 4.42 Å². The molecule has 0 fully saturated rings. The van der Waals surface area contributed by atoms with Crippen LogP contribution in [-0.2, 0) is 12.7 Å². The molecule has 0 unspecified atom stereocenters. The maximum Gasteiger partial charge on any atom is 0.449 e. The summed E-state index contributed by atoms with van der Waals surface area (Å²) < 4.78 is 46.7. The van der Waals surface area contributed by atoms with Crippen molar-refractivity contribution in [1.29, 1.82) is 0 Å². The molecule has 0 atom stereocenters. The summed E-state index contributed by atoms with van der Waals surface area (Å²) in [7, 11) is 0. The topological polar surface area (TPSA) is 43.9 Å². The number of oxazole rings is 1. The average Bonchev–Trinajstić information content (AvgIpc) is 3.21. The summed E-state index contributed by atoms with van der Waals surface area (Å²) in [5, 5.41) is 0. The largest absolute Gasteiger partial charge is 0.449 e. The van der Waals surface area contributed by atoms with E-state index >= 15 is 0 Å². The normalized spacial score (nSPS) is 12.0. The number of imidazole rings is 1. The second-order valence-corrected chi connectivity index (χ2v) is 6.02. The Morgan fingerprint density at radius 1 is 1.00 bits per heavy atom. The van der Waals surface area contributed by atoms with Gasteiger partial charge in [-0.3, -0.25) is 0 Å². The first-order chi connectivity index (χ1) is 12.4. The van der Waals surface area contributed by atoms with Gasteiger partial charge >= 0.3 is 6.18 Å². The molecule has 26 heavy (non-hydrogen) atoms. The Hall–Kier alpha value is -3.09. The number of alkyl halides is 3. The fraction of sp³-hybridized carbons (Fsp3) is 0.158. The Morgan fingerprint density at radius 2 is 1.73 bits per heavy atom. The lowest BCUT2D eigenvalue weighted by molar-refractivity contribution is -0.146. The van der Waals surface area contributed by atoms with Crippen molar-refractivity contribution < 1.29 is 17.6 Å². The van der Waals surface area contributed by atoms with Gasteiger partial charge in [0.25, 0.3) is 0 Å². The zero-order chi connectivity index (χ0) is 18.3. The average molecular weight is 357 g/mol. The number of benzene rings is 2. The molecular weight excluding hydrogens is 343 g/mol. The predicted molar refractivity (Wildman–Crippen MR) is 90.5 cm³/mol. The standard InChI is InChI=1S/C19H14F3N3O/c1-12-6-8-13(9-7-12)17-23-14(11-26-17)10-25-16-5-3-2-4-15(16)24-18(25)19(20,21)22/h2-9,11H,10H2,1H3. The lowest BCUT2D eigenvalue weighted by Crippen LogP contribution is -2.15. The van der Waals surface area contributed by atoms with Gasteiger partial charge in [-0.1, -0.05) is 29.8 Å². The van der Waals surface area contributed by atoms with E-state index in [1.807, 2.05) is 31.2 Å². The van der Waals surface area contributed by atoms with Crippen molar-refractivity contribution in [2.75, 3.05) is 0 Å². The number of hydrogen-bond donors (Lipinski definition) is 0. The SMILES string of the molecule is Cc1ccc(-c2nc(Cn3c(C(F)(F)F)nc4ccccc43)co2)cc1. The minimum absolute atomic E-state index is 0.0787. The molecule has 132 valence electrons. The van der Waals surface area contributed by atoms with Crippen LogP contribution in [0.3, 0.4) is 0 Å². The molecule has 2 aromatic carbocycles. The van der Waals surface area contributed by atoms with Gasteiger partial charge in [0.1, 0.15) is 6.26 Å². The van der Waals surface area contributed by atoms with Gasteiger partial charge in [-0.2, -0.15) is 13.2 Å². The van der Waals surface area contributed by atoms with Crippen molar-refractivity contribution in [2.45, 2.75) is 19.6 Å². The van der Waals surface area contributed by atoms with Gasteiger partial charge in [0.15, 0.2) is 0 Å². The number of nitrogens with zero attached hydrogens (tertiary/aromatic N) is 3. The second-order valence-electron chi connectivity index (χ2n) is 6.02. The van der Waals surface area contributed by atoms with Gasteiger partial charge in [-0.25, -0.2) is 9.97 Å². The maximum atomic E-state index is 13.4. The smallest absolute Gasteiger partial charge is 0.444 e. The summed E-state index contributed by atoms with van der Waals surface area (Å²) >= 11 is 0. The lowest BCUT2D eigenvalue weighted by atomic mass is 10.1. The molecule has 0 radical (unpaired) electrons. The molecule has 0 aliphatic rings. The Labute approximate surface area is 146 Å². The van der Waals surface area contributed by atoms with E-state index in [0.717, 1.165) is 15.7 Å². The van der Waals surface area contributed by atoms with Crippen molar-refractivity contribution in [1.82, 2.24) is 14.5 Å². The van der Waals surface area contributed by atoms with E-state index in [0.29, 0.717) is 22.6 Å². The van der Waals surface area contributed by atoms with Gasteiger partial charge in [0.05, 0.1) is 23.3 Å². The summed E-state index contributed by atoms with van der Waals surface area (Å²) in [6, 6.07) is 14.1. The summed E-state index contributed by atoms with van der Waals surface area (Å²) in [4.78, 5) is 8.07. The van der Waals surface area contributed by atoms with Crippen LogP contribution in [0.2, 0.25) is 0 Å². The van der Waals surface area contributed by atoms with Crippen LogP contribution in [0.4, 0.5) is 13.2 Å². The first-order valence-corrected chi connectivity index (χ1v) is 7.96. The third kappa shape index (κ3) is 2.96. The Morgan fingerprint density at radius 3 is 2.46 bits per heavy atom. The molecular formula is C19H14F3N3O. The van der Waals surface area contributed by atoms with Crippen LogP contribution in [0.25, 0.3) is 22.5 Å². The summed E-state index contributed by atoms with van der Waals surface area (Å²) in [5.74, 6) is -0.573. The molecule has 2 heterocycles. The van der Waals surface area contributed by atoms with Crippen LogP contribution < -0.4 is 0 Å². The zero-order valence-corrected chi connectivity index (χ0v) is 13.8. The fourth-order valence-electron chi connectivity index (χ4n) is 2.82. The quantitative estimate of drug-likeness (QED) is 0.514. The fourth-order valence-corrected chi connectivity index (χ4v) is 2.82. The summed E-state index contributed by atoms with van der Waals surface area (Å²) in [6.07, 6.45) is -3.17. The van der Waals surface area contributed by atoms with Crippen molar-refractivity contribution in [2.24, 2.45) is 0 Å². The van der Waals surface area contributed by atoms with Crippen molar-refractivity contribution in [3.05, 3.63) is 71.9 Å². The Bertz CT molecular complexity index is 1060. The number of aryl methyl sites for hydroxylation is 1. The van der Waals surface area contributed by atoms with Crippen molar-refractivity contribution >= 4 is 11.0 Å². The highest BCUT2D eigenvalue weighted by atomic mass is 19.4. The minimum atomic E-state index is -4.55. The molecule has 0 saturated heterocycles. The van der Waals surface area contributed by atoms with Gasteiger partial charge in [0, 0.05) is 5.56 Å². The predicted octanol–water partition coefficient (Wildman–Crippen LogP) is 5.07. The molecule has 0 aliphatic carbocycles. The van der Waals surface area contributed by atoms with Gasteiger partial charge < -0.3 is 8.98 Å². The molecule has 0 bridgehead atoms. The highest BCUT2D eigenvalue weighted by molar-refractivity contribution is 5.76. The summed E-state index contributed by atoms with van der Waals surface area (Å²) in [5.41, 5.74) is 2.96. The van der Waals surface area contributed by atoms with Gasteiger partial charge in [-0.15, -0.1) is 0 Å². The van der Waals surface area contributed by atoms with Crippen LogP contribution >= 0.6 is 0 Å². The zero-order valence-electron chi connectivity index (χ0n) is 13.8. The first kappa shape index (κ1) is 16.4. The van der Waals surface area contributed by atoms with E-state index in [1.165, 1.54) is 6.26 Å². The molecule has 0 amide bonds. The van der Waals surface area contributed by atoms with E-state index in [2.05, 4.69) is 9.97 Å². The highest BCUT2D eigenvalue weighted by Crippen LogP contribution is 2.32. The molecule has 4 aromatic rings. The van der Waals surface area contributed by atoms with Crippen LogP contribution in [0.5, 0.6) is 0 Å². The van der Waals surface area contributed by atoms with E-state index < -0.39 is 12.0 Å². The molecule has 4 nitrogen and oxygen atoms in total. The maximum absolute atomic E-state index is 13.4.